The van der Waals surface area contributed by atoms with Gasteiger partial charge in [0.15, 0.2) is 0 Å². The summed E-state index contributed by atoms with van der Waals surface area (Å²) in [7, 11) is 1.71. The van der Waals surface area contributed by atoms with Crippen molar-refractivity contribution in [3.05, 3.63) is 22.4 Å². The summed E-state index contributed by atoms with van der Waals surface area (Å²) >= 11 is 1.54. The highest BCUT2D eigenvalue weighted by Crippen LogP contribution is 2.21. The lowest BCUT2D eigenvalue weighted by atomic mass is 10.2. The Hall–Kier alpha value is -1.47. The number of hydrogen-bond acceptors (Lipinski definition) is 4. The van der Waals surface area contributed by atoms with Crippen LogP contribution in [0.3, 0.4) is 0 Å². The van der Waals surface area contributed by atoms with Crippen LogP contribution < -0.4 is 5.73 Å². The smallest absolute Gasteiger partial charge is 0.231 e. The van der Waals surface area contributed by atoms with Gasteiger partial charge in [0, 0.05) is 31.1 Å². The Labute approximate surface area is 127 Å². The minimum atomic E-state index is -0.963. The molecule has 0 saturated carbocycles. The molecule has 1 aliphatic heterocycles. The zero-order chi connectivity index (χ0) is 15.4. The van der Waals surface area contributed by atoms with E-state index < -0.39 is 12.1 Å². The Bertz CT molecular complexity index is 494. The number of carbonyl (C=O) groups is 2. The fourth-order valence-corrected chi connectivity index (χ4v) is 3.32. The molecule has 0 bridgehead atoms. The predicted octanol–water partition coefficient (Wildman–Crippen LogP) is 0.647. The monoisotopic (exact) mass is 313 g/mol. The lowest BCUT2D eigenvalue weighted by Crippen LogP contribution is -2.44. The third-order valence-corrected chi connectivity index (χ3v) is 4.53. The minimum Gasteiger partial charge on any atom is -0.369 e. The van der Waals surface area contributed by atoms with E-state index in [1.165, 1.54) is 0 Å². The first-order valence-electron chi connectivity index (χ1n) is 6.88. The van der Waals surface area contributed by atoms with Gasteiger partial charge in [-0.05, 0) is 17.9 Å². The van der Waals surface area contributed by atoms with Crippen LogP contribution in [0.4, 0.5) is 4.39 Å². The number of nitrogens with two attached hydrogens (primary N) is 1. The van der Waals surface area contributed by atoms with Gasteiger partial charge >= 0.3 is 0 Å². The fourth-order valence-electron chi connectivity index (χ4n) is 2.62. The maximum atomic E-state index is 13.5. The molecule has 2 rings (SSSR count). The molecule has 1 fully saturated rings. The first-order valence-corrected chi connectivity index (χ1v) is 7.76. The number of likely N-dealkylation sites (tertiary alicyclic amines) is 1. The van der Waals surface area contributed by atoms with E-state index in [9.17, 15) is 14.0 Å². The highest BCUT2D eigenvalue weighted by atomic mass is 32.1. The quantitative estimate of drug-likeness (QED) is 0.838. The van der Waals surface area contributed by atoms with Crippen molar-refractivity contribution in [1.82, 2.24) is 9.80 Å². The number of likely N-dealkylation sites (N-methyl/N-ethyl adjacent to an activating group) is 1. The van der Waals surface area contributed by atoms with Crippen molar-refractivity contribution >= 4 is 23.2 Å². The molecule has 2 N–H and O–H groups in total. The highest BCUT2D eigenvalue weighted by Gasteiger charge is 2.34. The maximum Gasteiger partial charge on any atom is 0.231 e. The van der Waals surface area contributed by atoms with Crippen LogP contribution in [0.2, 0.25) is 0 Å². The van der Waals surface area contributed by atoms with Gasteiger partial charge in [0.2, 0.25) is 11.8 Å². The number of amides is 2. The standard InChI is InChI=1S/C14H20FN3O2S/c1-17(14(20)6-12-3-2-4-21-12)8-11-5-10(15)7-18(11)9-13(16)19/h2-4,10-11H,5-9H2,1H3,(H2,16,19)/t10-,11-/m0/s1. The largest absolute Gasteiger partial charge is 0.369 e. The zero-order valence-electron chi connectivity index (χ0n) is 12.0. The minimum absolute atomic E-state index is 0.00113. The van der Waals surface area contributed by atoms with Crippen LogP contribution in [-0.4, -0.2) is 60.5 Å². The molecule has 2 amide bonds. The van der Waals surface area contributed by atoms with Gasteiger partial charge < -0.3 is 10.6 Å². The second kappa shape index (κ2) is 7.00. The second-order valence-corrected chi connectivity index (χ2v) is 6.45. The molecule has 1 aromatic heterocycles. The molecule has 0 aliphatic carbocycles. The van der Waals surface area contributed by atoms with E-state index in [0.29, 0.717) is 19.4 Å². The lowest BCUT2D eigenvalue weighted by molar-refractivity contribution is -0.129. The molecule has 1 aliphatic rings. The van der Waals surface area contributed by atoms with E-state index >= 15 is 0 Å². The van der Waals surface area contributed by atoms with Crippen molar-refractivity contribution in [3.8, 4) is 0 Å². The van der Waals surface area contributed by atoms with Crippen molar-refractivity contribution < 1.29 is 14.0 Å². The first-order chi connectivity index (χ1) is 9.95. The van der Waals surface area contributed by atoms with E-state index in [0.717, 1.165) is 4.88 Å². The molecule has 1 saturated heterocycles. The molecule has 1 aromatic rings. The molecule has 7 heteroatoms. The Morgan fingerprint density at radius 2 is 2.33 bits per heavy atom. The summed E-state index contributed by atoms with van der Waals surface area (Å²) in [5, 5.41) is 1.93. The number of alkyl halides is 1. The van der Waals surface area contributed by atoms with Gasteiger partial charge in [-0.1, -0.05) is 6.07 Å². The average molecular weight is 313 g/mol. The summed E-state index contributed by atoms with van der Waals surface area (Å²) in [5.41, 5.74) is 5.18. The van der Waals surface area contributed by atoms with Gasteiger partial charge in [-0.2, -0.15) is 0 Å². The van der Waals surface area contributed by atoms with Gasteiger partial charge in [0.25, 0.3) is 0 Å². The molecule has 0 unspecified atom stereocenters. The number of nitrogens with zero attached hydrogens (tertiary/aromatic N) is 2. The van der Waals surface area contributed by atoms with Gasteiger partial charge in [-0.15, -0.1) is 11.3 Å². The summed E-state index contributed by atoms with van der Waals surface area (Å²) in [4.78, 5) is 27.5. The molecule has 0 aromatic carbocycles. The van der Waals surface area contributed by atoms with Crippen LogP contribution in [0.25, 0.3) is 0 Å². The van der Waals surface area contributed by atoms with Crippen LogP contribution in [0, 0.1) is 0 Å². The third kappa shape index (κ3) is 4.50. The van der Waals surface area contributed by atoms with Gasteiger partial charge in [-0.3, -0.25) is 14.5 Å². The van der Waals surface area contributed by atoms with E-state index in [1.54, 1.807) is 28.2 Å². The number of thiophene rings is 1. The van der Waals surface area contributed by atoms with Gasteiger partial charge in [0.05, 0.1) is 13.0 Å². The molecule has 2 atom stereocenters. The van der Waals surface area contributed by atoms with Crippen LogP contribution in [0.1, 0.15) is 11.3 Å². The zero-order valence-corrected chi connectivity index (χ0v) is 12.8. The van der Waals surface area contributed by atoms with Crippen LogP contribution >= 0.6 is 11.3 Å². The van der Waals surface area contributed by atoms with Crippen molar-refractivity contribution in [2.75, 3.05) is 26.7 Å². The van der Waals surface area contributed by atoms with Crippen molar-refractivity contribution in [2.45, 2.75) is 25.1 Å². The number of hydrogen-bond donors (Lipinski definition) is 1. The number of primary amides is 1. The molecular weight excluding hydrogens is 293 g/mol. The first kappa shape index (κ1) is 15.9. The van der Waals surface area contributed by atoms with E-state index in [-0.39, 0.29) is 25.0 Å². The lowest BCUT2D eigenvalue weighted by Gasteiger charge is -2.27. The Morgan fingerprint density at radius 3 is 2.95 bits per heavy atom. The van der Waals surface area contributed by atoms with Crippen molar-refractivity contribution in [2.24, 2.45) is 5.73 Å². The van der Waals surface area contributed by atoms with E-state index in [4.69, 9.17) is 5.73 Å². The number of rotatable bonds is 6. The van der Waals surface area contributed by atoms with Gasteiger partial charge in [-0.25, -0.2) is 4.39 Å². The Balaban J connectivity index is 1.89. The van der Waals surface area contributed by atoms with E-state index in [2.05, 4.69) is 0 Å². The van der Waals surface area contributed by atoms with E-state index in [1.807, 2.05) is 17.5 Å². The summed E-state index contributed by atoms with van der Waals surface area (Å²) in [5.74, 6) is -0.472. The van der Waals surface area contributed by atoms with Crippen LogP contribution in [-0.2, 0) is 16.0 Å². The number of carbonyl (C=O) groups excluding carboxylic acids is 2. The maximum absolute atomic E-state index is 13.5. The number of halogens is 1. The molecule has 0 radical (unpaired) electrons. The molecule has 21 heavy (non-hydrogen) atoms. The Morgan fingerprint density at radius 1 is 1.57 bits per heavy atom. The summed E-state index contributed by atoms with van der Waals surface area (Å²) in [6.07, 6.45) is -0.269. The summed E-state index contributed by atoms with van der Waals surface area (Å²) in [6, 6.07) is 3.68. The normalized spacial score (nSPS) is 22.4. The Kier molecular flexibility index (Phi) is 5.30. The molecule has 5 nitrogen and oxygen atoms in total. The fraction of sp³-hybridized carbons (Fsp3) is 0.571. The molecule has 2 heterocycles. The van der Waals surface area contributed by atoms with Crippen LogP contribution in [0.15, 0.2) is 17.5 Å². The summed E-state index contributed by atoms with van der Waals surface area (Å²) in [6.45, 7) is 0.663. The van der Waals surface area contributed by atoms with Crippen LogP contribution in [0.5, 0.6) is 0 Å². The summed E-state index contributed by atoms with van der Waals surface area (Å²) < 4.78 is 13.5. The SMILES string of the molecule is CN(C[C@@H]1C[C@H](F)CN1CC(N)=O)C(=O)Cc1cccs1. The van der Waals surface area contributed by atoms with Crippen molar-refractivity contribution in [3.63, 3.8) is 0 Å². The third-order valence-electron chi connectivity index (χ3n) is 3.65. The van der Waals surface area contributed by atoms with Crippen molar-refractivity contribution in [1.29, 1.82) is 0 Å². The highest BCUT2D eigenvalue weighted by molar-refractivity contribution is 7.10. The predicted molar refractivity (Wildman–Crippen MR) is 79.7 cm³/mol. The molecular formula is C14H20FN3O2S. The molecule has 0 spiro atoms. The second-order valence-electron chi connectivity index (χ2n) is 5.41. The average Bonchev–Trinajstić information content (AvgIpc) is 2.99. The molecule has 116 valence electrons. The topological polar surface area (TPSA) is 66.6 Å². The van der Waals surface area contributed by atoms with Gasteiger partial charge in [0.1, 0.15) is 6.17 Å².